The number of nitrogen functional groups attached to an aromatic ring is 1. The second kappa shape index (κ2) is 4.97. The van der Waals surface area contributed by atoms with E-state index in [4.69, 9.17) is 5.73 Å². The average Bonchev–Trinajstić information content (AvgIpc) is 2.77. The molecular weight excluding hydrogens is 360 g/mol. The molecule has 3 aromatic rings. The number of hydrogen-bond acceptors (Lipinski definition) is 6. The molecule has 0 aromatic carbocycles. The van der Waals surface area contributed by atoms with Crippen LogP contribution in [-0.4, -0.2) is 27.8 Å². The molecule has 10 heteroatoms. The molecule has 3 heterocycles. The second-order valence-electron chi connectivity index (χ2n) is 4.06. The fraction of sp³-hybridized carbons (Fsp3) is 0. The molecular formula is C11H9BrN6O2S. The maximum atomic E-state index is 12.5. The molecule has 0 atom stereocenters. The number of nitrogens with two attached hydrogens (primary N) is 1. The van der Waals surface area contributed by atoms with Crippen molar-refractivity contribution in [2.75, 3.05) is 10.5 Å². The van der Waals surface area contributed by atoms with Gasteiger partial charge in [0.1, 0.15) is 10.3 Å². The molecule has 0 aliphatic carbocycles. The van der Waals surface area contributed by atoms with E-state index < -0.39 is 10.0 Å². The number of nitrogens with one attached hydrogen (secondary N) is 1. The zero-order valence-electron chi connectivity index (χ0n) is 10.4. The van der Waals surface area contributed by atoms with Gasteiger partial charge in [-0.25, -0.2) is 15.0 Å². The molecule has 8 nitrogen and oxygen atoms in total. The van der Waals surface area contributed by atoms with E-state index in [1.54, 1.807) is 24.4 Å². The normalized spacial score (nSPS) is 11.7. The summed E-state index contributed by atoms with van der Waals surface area (Å²) in [5, 5.41) is -0.136. The maximum absolute atomic E-state index is 12.5. The first kappa shape index (κ1) is 13.8. The first-order chi connectivity index (χ1) is 9.97. The molecule has 0 saturated carbocycles. The van der Waals surface area contributed by atoms with Gasteiger partial charge in [0.05, 0.1) is 12.4 Å². The Labute approximate surface area is 128 Å². The number of fused-ring (bicyclic) bond motifs is 1. The summed E-state index contributed by atoms with van der Waals surface area (Å²) in [5.74, 6) is 0.00209. The summed E-state index contributed by atoms with van der Waals surface area (Å²) in [4.78, 5) is 11.8. The third kappa shape index (κ3) is 2.54. The number of aromatic nitrogens is 4. The van der Waals surface area contributed by atoms with Gasteiger partial charge in [0.25, 0.3) is 10.0 Å². The number of sulfonamides is 1. The molecule has 3 N–H and O–H groups in total. The molecule has 0 fully saturated rings. The fourth-order valence-electron chi connectivity index (χ4n) is 1.81. The Morgan fingerprint density at radius 3 is 2.76 bits per heavy atom. The minimum atomic E-state index is -3.93. The molecule has 0 amide bonds. The molecule has 3 aromatic heterocycles. The summed E-state index contributed by atoms with van der Waals surface area (Å²) < 4.78 is 29.1. The summed E-state index contributed by atoms with van der Waals surface area (Å²) in [6.45, 7) is 0. The molecule has 0 saturated heterocycles. The number of anilines is 2. The highest BCUT2D eigenvalue weighted by Crippen LogP contribution is 2.22. The van der Waals surface area contributed by atoms with Gasteiger partial charge in [-0.3, -0.25) is 9.12 Å². The predicted molar refractivity (Wildman–Crippen MR) is 80.1 cm³/mol. The third-order valence-electron chi connectivity index (χ3n) is 2.63. The van der Waals surface area contributed by atoms with E-state index in [1.165, 1.54) is 16.8 Å². The van der Waals surface area contributed by atoms with Crippen molar-refractivity contribution in [2.24, 2.45) is 0 Å². The summed E-state index contributed by atoms with van der Waals surface area (Å²) in [5.41, 5.74) is 6.16. The number of rotatable bonds is 3. The highest BCUT2D eigenvalue weighted by atomic mass is 79.9. The topological polar surface area (TPSA) is 115 Å². The summed E-state index contributed by atoms with van der Waals surface area (Å²) >= 11 is 3.12. The van der Waals surface area contributed by atoms with Gasteiger partial charge in [-0.2, -0.15) is 8.42 Å². The Morgan fingerprint density at radius 1 is 1.24 bits per heavy atom. The van der Waals surface area contributed by atoms with Gasteiger partial charge in [0.15, 0.2) is 11.6 Å². The van der Waals surface area contributed by atoms with Crippen molar-refractivity contribution in [3.63, 3.8) is 0 Å². The van der Waals surface area contributed by atoms with Gasteiger partial charge in [0, 0.05) is 6.20 Å². The van der Waals surface area contributed by atoms with Gasteiger partial charge in [0.2, 0.25) is 5.03 Å². The van der Waals surface area contributed by atoms with Crippen molar-refractivity contribution in [2.45, 2.75) is 5.03 Å². The molecule has 0 bridgehead atoms. The van der Waals surface area contributed by atoms with Crippen LogP contribution in [0.3, 0.4) is 0 Å². The monoisotopic (exact) mass is 368 g/mol. The minimum absolute atomic E-state index is 0.0845. The smallest absolute Gasteiger partial charge is 0.282 e. The van der Waals surface area contributed by atoms with E-state index in [1.807, 2.05) is 0 Å². The van der Waals surface area contributed by atoms with Crippen LogP contribution in [0.4, 0.5) is 11.6 Å². The first-order valence-electron chi connectivity index (χ1n) is 5.70. The molecule has 0 spiro atoms. The Morgan fingerprint density at radius 2 is 2.05 bits per heavy atom. The quantitative estimate of drug-likeness (QED) is 0.719. The molecule has 0 unspecified atom stereocenters. The van der Waals surface area contributed by atoms with Crippen molar-refractivity contribution >= 4 is 43.2 Å². The van der Waals surface area contributed by atoms with E-state index in [2.05, 4.69) is 35.6 Å². The third-order valence-corrected chi connectivity index (χ3v) is 4.43. The Bertz CT molecular complexity index is 906. The van der Waals surface area contributed by atoms with Crippen molar-refractivity contribution in [3.8, 4) is 0 Å². The number of pyridine rings is 1. The zero-order chi connectivity index (χ0) is 15.0. The average molecular weight is 369 g/mol. The second-order valence-corrected chi connectivity index (χ2v) is 6.47. The zero-order valence-corrected chi connectivity index (χ0v) is 12.8. The number of nitrogens with zero attached hydrogens (tertiary/aromatic N) is 4. The Balaban J connectivity index is 2.08. The van der Waals surface area contributed by atoms with Crippen molar-refractivity contribution < 1.29 is 8.42 Å². The largest absolute Gasteiger partial charge is 0.381 e. The highest BCUT2D eigenvalue weighted by molar-refractivity contribution is 9.10. The molecule has 21 heavy (non-hydrogen) atoms. The van der Waals surface area contributed by atoms with Crippen LogP contribution >= 0.6 is 15.9 Å². The number of hydrogen-bond donors (Lipinski definition) is 2. The molecule has 108 valence electrons. The van der Waals surface area contributed by atoms with Crippen molar-refractivity contribution in [3.05, 3.63) is 41.4 Å². The van der Waals surface area contributed by atoms with Crippen molar-refractivity contribution in [1.29, 1.82) is 0 Å². The van der Waals surface area contributed by atoms with Crippen LogP contribution in [0, 0.1) is 0 Å². The SMILES string of the molecule is Nc1nc2ccccn2c1S(=O)(=O)Nc1cnc(Br)cn1. The molecule has 3 rings (SSSR count). The van der Waals surface area contributed by atoms with E-state index in [0.717, 1.165) is 0 Å². The van der Waals surface area contributed by atoms with Crippen molar-refractivity contribution in [1.82, 2.24) is 19.4 Å². The van der Waals surface area contributed by atoms with Gasteiger partial charge in [-0.05, 0) is 28.1 Å². The van der Waals surface area contributed by atoms with Crippen LogP contribution in [0.2, 0.25) is 0 Å². The maximum Gasteiger partial charge on any atom is 0.282 e. The summed E-state index contributed by atoms with van der Waals surface area (Å²) in [6, 6.07) is 5.09. The Kier molecular flexibility index (Phi) is 3.26. The van der Waals surface area contributed by atoms with Crippen LogP contribution in [-0.2, 0) is 10.0 Å². The van der Waals surface area contributed by atoms with Gasteiger partial charge in [-0.1, -0.05) is 6.07 Å². The lowest BCUT2D eigenvalue weighted by Gasteiger charge is -2.07. The first-order valence-corrected chi connectivity index (χ1v) is 7.98. The van der Waals surface area contributed by atoms with E-state index in [0.29, 0.717) is 10.3 Å². The van der Waals surface area contributed by atoms with E-state index >= 15 is 0 Å². The number of imidazole rings is 1. The predicted octanol–water partition coefficient (Wildman–Crippen LogP) is 1.27. The van der Waals surface area contributed by atoms with Gasteiger partial charge < -0.3 is 5.73 Å². The lowest BCUT2D eigenvalue weighted by molar-refractivity contribution is 0.597. The minimum Gasteiger partial charge on any atom is -0.381 e. The lowest BCUT2D eigenvalue weighted by atomic mass is 10.5. The van der Waals surface area contributed by atoms with Gasteiger partial charge >= 0.3 is 0 Å². The van der Waals surface area contributed by atoms with Crippen LogP contribution in [0.15, 0.2) is 46.4 Å². The van der Waals surface area contributed by atoms with E-state index in [-0.39, 0.29) is 16.7 Å². The van der Waals surface area contributed by atoms with Crippen LogP contribution in [0.1, 0.15) is 0 Å². The molecule has 0 radical (unpaired) electrons. The van der Waals surface area contributed by atoms with Gasteiger partial charge in [-0.15, -0.1) is 0 Å². The van der Waals surface area contributed by atoms with E-state index in [9.17, 15) is 8.42 Å². The highest BCUT2D eigenvalue weighted by Gasteiger charge is 2.24. The van der Waals surface area contributed by atoms with Crippen LogP contribution in [0.25, 0.3) is 5.65 Å². The lowest BCUT2D eigenvalue weighted by Crippen LogP contribution is -2.17. The fourth-order valence-corrected chi connectivity index (χ4v) is 3.23. The summed E-state index contributed by atoms with van der Waals surface area (Å²) in [6.07, 6.45) is 4.25. The standard InChI is InChI=1S/C11H9BrN6O2S/c12-7-5-15-8(6-14-7)17-21(19,20)11-10(13)16-9-3-1-2-4-18(9)11/h1-6H,13H2,(H,15,17). The van der Waals surface area contributed by atoms with Crippen LogP contribution < -0.4 is 10.5 Å². The number of halogens is 1. The Hall–Kier alpha value is -2.20. The molecule has 0 aliphatic rings. The molecule has 0 aliphatic heterocycles. The summed E-state index contributed by atoms with van der Waals surface area (Å²) in [7, 11) is -3.93. The van der Waals surface area contributed by atoms with Crippen LogP contribution in [0.5, 0.6) is 0 Å².